The molecule has 2 N–H and O–H groups in total. The molecular formula is C20H23N4O3S+. The van der Waals surface area contributed by atoms with E-state index in [0.29, 0.717) is 0 Å². The maximum absolute atomic E-state index is 5.51. The molecule has 8 heteroatoms. The number of aromatic nitrogens is 2. The van der Waals surface area contributed by atoms with Crippen molar-refractivity contribution in [1.29, 1.82) is 0 Å². The number of ether oxygens (including phenoxy) is 3. The van der Waals surface area contributed by atoms with E-state index < -0.39 is 0 Å². The number of nitrogens with zero attached hydrogens (tertiary/aromatic N) is 2. The fourth-order valence-electron chi connectivity index (χ4n) is 3.63. The van der Waals surface area contributed by atoms with Crippen LogP contribution >= 0.6 is 11.3 Å². The number of fused-ring (bicyclic) bond motifs is 2. The minimum absolute atomic E-state index is 0.270. The van der Waals surface area contributed by atoms with E-state index in [2.05, 4.69) is 19.2 Å². The second-order valence-electron chi connectivity index (χ2n) is 7.18. The van der Waals surface area contributed by atoms with Gasteiger partial charge < -0.3 is 24.4 Å². The average Bonchev–Trinajstić information content (AvgIpc) is 3.27. The summed E-state index contributed by atoms with van der Waals surface area (Å²) < 4.78 is 16.4. The van der Waals surface area contributed by atoms with Crippen molar-refractivity contribution >= 4 is 33.1 Å². The van der Waals surface area contributed by atoms with Gasteiger partial charge in [-0.1, -0.05) is 0 Å². The molecule has 5 rings (SSSR count). The lowest BCUT2D eigenvalue weighted by Gasteiger charge is -2.23. The number of benzene rings is 1. The zero-order valence-corrected chi connectivity index (χ0v) is 16.8. The standard InChI is InChI=1S/C20H22N4O3S/c1-12-13(2)28-20-18(12)19(21-14-3-4-15-16(9-14)27-11-26-15)22-17(23-20)10-24-5-7-25-8-6-24/h3-4,9H,5-8,10-11H2,1-2H3,(H,21,22,23)/p+1. The predicted octanol–water partition coefficient (Wildman–Crippen LogP) is 2.20. The van der Waals surface area contributed by atoms with E-state index in [0.717, 1.165) is 71.9 Å². The van der Waals surface area contributed by atoms with Crippen LogP contribution in [0.5, 0.6) is 11.5 Å². The van der Waals surface area contributed by atoms with E-state index in [1.54, 1.807) is 11.3 Å². The van der Waals surface area contributed by atoms with E-state index in [1.807, 2.05) is 18.2 Å². The van der Waals surface area contributed by atoms with Gasteiger partial charge in [0.1, 0.15) is 30.3 Å². The van der Waals surface area contributed by atoms with E-state index in [1.165, 1.54) is 15.3 Å². The lowest BCUT2D eigenvalue weighted by Crippen LogP contribution is -3.12. The Labute approximate surface area is 167 Å². The van der Waals surface area contributed by atoms with Gasteiger partial charge in [-0.05, 0) is 31.5 Å². The highest BCUT2D eigenvalue weighted by Gasteiger charge is 2.20. The van der Waals surface area contributed by atoms with Crippen molar-refractivity contribution in [1.82, 2.24) is 9.97 Å². The molecule has 4 heterocycles. The molecule has 0 unspecified atom stereocenters. The van der Waals surface area contributed by atoms with E-state index in [4.69, 9.17) is 24.2 Å². The number of quaternary nitrogens is 1. The number of nitrogens with one attached hydrogen (secondary N) is 2. The highest BCUT2D eigenvalue weighted by atomic mass is 32.1. The van der Waals surface area contributed by atoms with Gasteiger partial charge in [-0.15, -0.1) is 11.3 Å². The highest BCUT2D eigenvalue weighted by molar-refractivity contribution is 7.18. The fraction of sp³-hybridized carbons (Fsp3) is 0.400. The van der Waals surface area contributed by atoms with Gasteiger partial charge in [0.2, 0.25) is 6.79 Å². The summed E-state index contributed by atoms with van der Waals surface area (Å²) >= 11 is 1.73. The number of thiophene rings is 1. The quantitative estimate of drug-likeness (QED) is 0.701. The Balaban J connectivity index is 1.51. The number of rotatable bonds is 4. The SMILES string of the molecule is Cc1sc2nc(C[NH+]3CCOCC3)nc(Nc3ccc4c(c3)OCO4)c2c1C. The van der Waals surface area contributed by atoms with Crippen LogP contribution < -0.4 is 19.7 Å². The molecule has 2 aromatic heterocycles. The summed E-state index contributed by atoms with van der Waals surface area (Å²) in [6, 6.07) is 5.87. The van der Waals surface area contributed by atoms with Gasteiger partial charge in [-0.25, -0.2) is 9.97 Å². The largest absolute Gasteiger partial charge is 0.454 e. The lowest BCUT2D eigenvalue weighted by atomic mass is 10.2. The highest BCUT2D eigenvalue weighted by Crippen LogP contribution is 2.37. The molecule has 0 radical (unpaired) electrons. The third kappa shape index (κ3) is 3.28. The molecule has 0 amide bonds. The van der Waals surface area contributed by atoms with E-state index in [9.17, 15) is 0 Å². The van der Waals surface area contributed by atoms with Crippen molar-refractivity contribution in [2.45, 2.75) is 20.4 Å². The van der Waals surface area contributed by atoms with Crippen LogP contribution in [-0.4, -0.2) is 43.1 Å². The van der Waals surface area contributed by atoms with Crippen LogP contribution in [0.25, 0.3) is 10.2 Å². The van der Waals surface area contributed by atoms with Gasteiger partial charge >= 0.3 is 0 Å². The van der Waals surface area contributed by atoms with Crippen molar-refractivity contribution in [3.8, 4) is 11.5 Å². The molecule has 0 aliphatic carbocycles. The van der Waals surface area contributed by atoms with Gasteiger partial charge in [0.25, 0.3) is 0 Å². The molecule has 3 aromatic rings. The first-order chi connectivity index (χ1) is 13.7. The van der Waals surface area contributed by atoms with Crippen LogP contribution in [0.3, 0.4) is 0 Å². The smallest absolute Gasteiger partial charge is 0.231 e. The van der Waals surface area contributed by atoms with Crippen molar-refractivity contribution < 1.29 is 19.1 Å². The van der Waals surface area contributed by atoms with Crippen LogP contribution in [0.2, 0.25) is 0 Å². The maximum atomic E-state index is 5.51. The van der Waals surface area contributed by atoms with Crippen LogP contribution in [0.15, 0.2) is 18.2 Å². The first kappa shape index (κ1) is 17.7. The molecule has 0 atom stereocenters. The van der Waals surface area contributed by atoms with Crippen molar-refractivity contribution in [2.75, 3.05) is 38.4 Å². The summed E-state index contributed by atoms with van der Waals surface area (Å²) in [5.74, 6) is 3.26. The second kappa shape index (κ2) is 7.20. The van der Waals surface area contributed by atoms with Crippen LogP contribution in [0, 0.1) is 13.8 Å². The Kier molecular flexibility index (Phi) is 4.54. The normalized spacial score (nSPS) is 16.6. The molecule has 146 valence electrons. The van der Waals surface area contributed by atoms with Crippen LogP contribution in [-0.2, 0) is 11.3 Å². The van der Waals surface area contributed by atoms with Gasteiger partial charge in [0, 0.05) is 16.6 Å². The topological polar surface area (TPSA) is 69.9 Å². The number of aryl methyl sites for hydroxylation is 2. The molecule has 1 aromatic carbocycles. The summed E-state index contributed by atoms with van der Waals surface area (Å²) in [4.78, 5) is 13.6. The van der Waals surface area contributed by atoms with Gasteiger partial charge in [0.15, 0.2) is 17.3 Å². The maximum Gasteiger partial charge on any atom is 0.231 e. The summed E-state index contributed by atoms with van der Waals surface area (Å²) in [5.41, 5.74) is 2.16. The Morgan fingerprint density at radius 2 is 1.93 bits per heavy atom. The average molecular weight is 399 g/mol. The molecule has 0 spiro atoms. The minimum atomic E-state index is 0.270. The van der Waals surface area contributed by atoms with E-state index >= 15 is 0 Å². The molecule has 1 fully saturated rings. The van der Waals surface area contributed by atoms with Crippen LogP contribution in [0.1, 0.15) is 16.3 Å². The molecule has 2 aliphatic rings. The Morgan fingerprint density at radius 3 is 2.79 bits per heavy atom. The summed E-state index contributed by atoms with van der Waals surface area (Å²) in [6.07, 6.45) is 0. The molecule has 7 nitrogen and oxygen atoms in total. The predicted molar refractivity (Wildman–Crippen MR) is 108 cm³/mol. The summed E-state index contributed by atoms with van der Waals surface area (Å²) in [6.45, 7) is 8.95. The second-order valence-corrected chi connectivity index (χ2v) is 8.39. The van der Waals surface area contributed by atoms with Gasteiger partial charge in [-0.3, -0.25) is 0 Å². The monoisotopic (exact) mass is 399 g/mol. The molecule has 0 bridgehead atoms. The molecule has 2 aliphatic heterocycles. The van der Waals surface area contributed by atoms with Crippen molar-refractivity contribution in [3.05, 3.63) is 34.5 Å². The third-order valence-corrected chi connectivity index (χ3v) is 6.42. The Bertz CT molecular complexity index is 1030. The Morgan fingerprint density at radius 1 is 1.11 bits per heavy atom. The minimum Gasteiger partial charge on any atom is -0.454 e. The zero-order chi connectivity index (χ0) is 19.1. The van der Waals surface area contributed by atoms with Gasteiger partial charge in [-0.2, -0.15) is 0 Å². The molecule has 28 heavy (non-hydrogen) atoms. The zero-order valence-electron chi connectivity index (χ0n) is 16.0. The van der Waals surface area contributed by atoms with Crippen molar-refractivity contribution in [2.24, 2.45) is 0 Å². The number of hydrogen-bond acceptors (Lipinski definition) is 7. The van der Waals surface area contributed by atoms with Crippen LogP contribution in [0.4, 0.5) is 11.5 Å². The summed E-state index contributed by atoms with van der Waals surface area (Å²) in [5, 5.41) is 4.59. The van der Waals surface area contributed by atoms with E-state index in [-0.39, 0.29) is 6.79 Å². The molecular weight excluding hydrogens is 376 g/mol. The third-order valence-electron chi connectivity index (χ3n) is 5.32. The summed E-state index contributed by atoms with van der Waals surface area (Å²) in [7, 11) is 0. The lowest BCUT2D eigenvalue weighted by molar-refractivity contribution is -0.922. The van der Waals surface area contributed by atoms with Gasteiger partial charge in [0.05, 0.1) is 18.6 Å². The van der Waals surface area contributed by atoms with Crippen molar-refractivity contribution in [3.63, 3.8) is 0 Å². The number of anilines is 2. The Hall–Kier alpha value is -2.42. The first-order valence-corrected chi connectivity index (χ1v) is 10.3. The molecule has 1 saturated heterocycles. The molecule has 0 saturated carbocycles. The first-order valence-electron chi connectivity index (χ1n) is 9.52. The number of morpholine rings is 1. The number of hydrogen-bond donors (Lipinski definition) is 2. The fourth-order valence-corrected chi connectivity index (χ4v) is 4.68.